The van der Waals surface area contributed by atoms with Crippen LogP contribution in [0.25, 0.3) is 0 Å². The Morgan fingerprint density at radius 1 is 1.00 bits per heavy atom. The van der Waals surface area contributed by atoms with E-state index < -0.39 is 0 Å². The third kappa shape index (κ3) is 8.56. The van der Waals surface area contributed by atoms with Crippen LogP contribution in [0, 0.1) is 11.7 Å². The fourth-order valence-electron chi connectivity index (χ4n) is 4.68. The summed E-state index contributed by atoms with van der Waals surface area (Å²) < 4.78 is 24.5. The summed E-state index contributed by atoms with van der Waals surface area (Å²) in [6.45, 7) is 10.9. The molecule has 0 saturated carbocycles. The van der Waals surface area contributed by atoms with Crippen LogP contribution >= 0.6 is 0 Å². The number of carbonyl (C=O) groups excluding carboxylic acids is 2. The summed E-state index contributed by atoms with van der Waals surface area (Å²) in [6, 6.07) is 13.5. The highest BCUT2D eigenvalue weighted by atomic mass is 19.1. The van der Waals surface area contributed by atoms with Gasteiger partial charge in [-0.25, -0.2) is 9.18 Å². The molecule has 0 aromatic heterocycles. The number of nitrogens with zero attached hydrogens (tertiary/aromatic N) is 2. The number of hydrogen-bond acceptors (Lipinski definition) is 5. The zero-order valence-corrected chi connectivity index (χ0v) is 22.6. The first kappa shape index (κ1) is 28.6. The molecule has 0 spiro atoms. The first-order valence-corrected chi connectivity index (χ1v) is 13.5. The minimum Gasteiger partial charge on any atom is -0.484 e. The smallest absolute Gasteiger partial charge is 0.338 e. The Morgan fingerprint density at radius 2 is 1.70 bits per heavy atom. The zero-order valence-electron chi connectivity index (χ0n) is 22.6. The summed E-state index contributed by atoms with van der Waals surface area (Å²) in [6.07, 6.45) is 4.35. The lowest BCUT2D eigenvalue weighted by Crippen LogP contribution is -2.58. The van der Waals surface area contributed by atoms with Gasteiger partial charge < -0.3 is 14.4 Å². The number of halogens is 1. The number of unbranched alkanes of at least 4 members (excludes halogenated alkanes) is 1. The fraction of sp³-hybridized carbons (Fsp3) is 0.533. The molecule has 2 aromatic carbocycles. The van der Waals surface area contributed by atoms with Gasteiger partial charge in [-0.3, -0.25) is 9.69 Å². The van der Waals surface area contributed by atoms with Gasteiger partial charge in [0.1, 0.15) is 11.6 Å². The normalized spacial score (nSPS) is 18.9. The number of esters is 1. The summed E-state index contributed by atoms with van der Waals surface area (Å²) in [5, 5.41) is 0. The van der Waals surface area contributed by atoms with E-state index in [1.807, 2.05) is 11.8 Å². The molecule has 2 aromatic rings. The number of piperazine rings is 1. The van der Waals surface area contributed by atoms with Gasteiger partial charge in [-0.15, -0.1) is 0 Å². The van der Waals surface area contributed by atoms with Crippen molar-refractivity contribution in [2.45, 2.75) is 72.0 Å². The van der Waals surface area contributed by atoms with Gasteiger partial charge in [0.2, 0.25) is 0 Å². The second kappa shape index (κ2) is 14.1. The van der Waals surface area contributed by atoms with Crippen LogP contribution in [-0.4, -0.2) is 60.1 Å². The van der Waals surface area contributed by atoms with Gasteiger partial charge in [-0.2, -0.15) is 0 Å². The minimum atomic E-state index is -0.334. The number of amides is 1. The van der Waals surface area contributed by atoms with Crippen molar-refractivity contribution < 1.29 is 23.5 Å². The summed E-state index contributed by atoms with van der Waals surface area (Å²) in [4.78, 5) is 29.5. The Hall–Kier alpha value is -2.93. The molecule has 1 unspecified atom stereocenters. The van der Waals surface area contributed by atoms with E-state index in [2.05, 4.69) is 25.7 Å². The van der Waals surface area contributed by atoms with Crippen LogP contribution in [0.2, 0.25) is 0 Å². The van der Waals surface area contributed by atoms with E-state index in [1.54, 1.807) is 36.4 Å². The molecule has 7 heteroatoms. The molecule has 3 atom stereocenters. The molecule has 3 rings (SSSR count). The highest BCUT2D eigenvalue weighted by Gasteiger charge is 2.32. The van der Waals surface area contributed by atoms with Crippen molar-refractivity contribution in [1.29, 1.82) is 0 Å². The quantitative estimate of drug-likeness (QED) is 0.342. The van der Waals surface area contributed by atoms with Crippen molar-refractivity contribution in [3.63, 3.8) is 0 Å². The molecular weight excluding hydrogens is 471 g/mol. The number of ether oxygens (including phenoxy) is 2. The van der Waals surface area contributed by atoms with Crippen LogP contribution in [0.15, 0.2) is 48.5 Å². The van der Waals surface area contributed by atoms with E-state index in [1.165, 1.54) is 12.1 Å². The minimum absolute atomic E-state index is 0.0363. The predicted molar refractivity (Wildman–Crippen MR) is 143 cm³/mol. The van der Waals surface area contributed by atoms with Gasteiger partial charge >= 0.3 is 5.97 Å². The maximum atomic E-state index is 13.2. The van der Waals surface area contributed by atoms with Gasteiger partial charge in [0.05, 0.1) is 12.2 Å². The Morgan fingerprint density at radius 3 is 2.35 bits per heavy atom. The van der Waals surface area contributed by atoms with Crippen LogP contribution in [0.4, 0.5) is 4.39 Å². The highest BCUT2D eigenvalue weighted by molar-refractivity contribution is 5.89. The Balaban J connectivity index is 1.45. The number of rotatable bonds is 12. The third-order valence-corrected chi connectivity index (χ3v) is 7.18. The first-order chi connectivity index (χ1) is 17.8. The Bertz CT molecular complexity index is 996. The lowest BCUT2D eigenvalue weighted by molar-refractivity contribution is -0.139. The van der Waals surface area contributed by atoms with Gasteiger partial charge in [0.15, 0.2) is 6.61 Å². The van der Waals surface area contributed by atoms with Crippen LogP contribution < -0.4 is 4.74 Å². The van der Waals surface area contributed by atoms with E-state index in [9.17, 15) is 14.0 Å². The molecule has 0 radical (unpaired) electrons. The van der Waals surface area contributed by atoms with Crippen molar-refractivity contribution in [1.82, 2.24) is 9.80 Å². The van der Waals surface area contributed by atoms with Gasteiger partial charge in [0, 0.05) is 31.7 Å². The lowest BCUT2D eigenvalue weighted by Gasteiger charge is -2.44. The number of carbonyl (C=O) groups is 2. The number of hydrogen-bond donors (Lipinski definition) is 0. The molecule has 0 N–H and O–H groups in total. The summed E-state index contributed by atoms with van der Waals surface area (Å²) in [5.41, 5.74) is 1.53. The maximum Gasteiger partial charge on any atom is 0.338 e. The maximum absolute atomic E-state index is 13.2. The second-order valence-electron chi connectivity index (χ2n) is 10.1. The molecule has 1 heterocycles. The summed E-state index contributed by atoms with van der Waals surface area (Å²) in [5.74, 6) is 0.293. The molecule has 1 amide bonds. The van der Waals surface area contributed by atoms with Crippen LogP contribution in [0.5, 0.6) is 5.75 Å². The average molecular weight is 513 g/mol. The van der Waals surface area contributed by atoms with E-state index in [4.69, 9.17) is 9.47 Å². The van der Waals surface area contributed by atoms with Crippen molar-refractivity contribution in [3.8, 4) is 5.75 Å². The Labute approximate surface area is 220 Å². The molecule has 1 saturated heterocycles. The van der Waals surface area contributed by atoms with Gasteiger partial charge in [-0.05, 0) is 68.1 Å². The third-order valence-electron chi connectivity index (χ3n) is 7.18. The predicted octanol–water partition coefficient (Wildman–Crippen LogP) is 5.70. The van der Waals surface area contributed by atoms with Gasteiger partial charge in [0.25, 0.3) is 5.91 Å². The van der Waals surface area contributed by atoms with E-state index in [-0.39, 0.29) is 36.4 Å². The molecule has 202 valence electrons. The van der Waals surface area contributed by atoms with E-state index >= 15 is 0 Å². The topological polar surface area (TPSA) is 59.1 Å². The molecule has 6 nitrogen and oxygen atoms in total. The largest absolute Gasteiger partial charge is 0.484 e. The van der Waals surface area contributed by atoms with Crippen LogP contribution in [0.1, 0.15) is 69.3 Å². The summed E-state index contributed by atoms with van der Waals surface area (Å²) >= 11 is 0. The molecular formula is C30H41FN2O4. The van der Waals surface area contributed by atoms with E-state index in [0.29, 0.717) is 30.4 Å². The molecule has 0 aliphatic carbocycles. The van der Waals surface area contributed by atoms with Crippen molar-refractivity contribution in [3.05, 3.63) is 65.5 Å². The highest BCUT2D eigenvalue weighted by Crippen LogP contribution is 2.20. The fourth-order valence-corrected chi connectivity index (χ4v) is 4.68. The average Bonchev–Trinajstić information content (AvgIpc) is 2.90. The SMILES string of the molecule is CCCCC(CC)COC(=O)c1ccc(OCC(=O)N2C[C@H](C)N(Cc3ccc(F)cc3)C[C@H]2C)cc1. The van der Waals surface area contributed by atoms with Crippen molar-refractivity contribution >= 4 is 11.9 Å². The first-order valence-electron chi connectivity index (χ1n) is 13.5. The monoisotopic (exact) mass is 512 g/mol. The molecule has 1 aliphatic heterocycles. The standard InChI is InChI=1S/C30H41FN2O4/c1-5-7-8-24(6-2)20-37-30(35)26-11-15-28(16-12-26)36-21-29(34)33-18-22(3)32(17-23(33)4)19-25-9-13-27(31)14-10-25/h9-16,22-24H,5-8,17-21H2,1-4H3/t22-,23+,24?/m0/s1. The van der Waals surface area contributed by atoms with Gasteiger partial charge in [-0.1, -0.05) is 45.2 Å². The number of benzene rings is 2. The molecule has 1 aliphatic rings. The molecule has 0 bridgehead atoms. The van der Waals surface area contributed by atoms with Crippen molar-refractivity contribution in [2.24, 2.45) is 5.92 Å². The van der Waals surface area contributed by atoms with E-state index in [0.717, 1.165) is 44.3 Å². The van der Waals surface area contributed by atoms with Crippen molar-refractivity contribution in [2.75, 3.05) is 26.3 Å². The zero-order chi connectivity index (χ0) is 26.8. The second-order valence-corrected chi connectivity index (χ2v) is 10.1. The molecule has 1 fully saturated rings. The molecule has 37 heavy (non-hydrogen) atoms. The van der Waals surface area contributed by atoms with Crippen LogP contribution in [0.3, 0.4) is 0 Å². The summed E-state index contributed by atoms with van der Waals surface area (Å²) in [7, 11) is 0. The van der Waals surface area contributed by atoms with Crippen LogP contribution in [-0.2, 0) is 16.1 Å². The lowest BCUT2D eigenvalue weighted by atomic mass is 10.0. The Kier molecular flexibility index (Phi) is 10.9.